The molecule has 0 spiro atoms. The summed E-state index contributed by atoms with van der Waals surface area (Å²) in [6.45, 7) is 0.975. The average Bonchev–Trinajstić information content (AvgIpc) is 2.14. The van der Waals surface area contributed by atoms with Crippen LogP contribution in [0.2, 0.25) is 0 Å². The van der Waals surface area contributed by atoms with E-state index in [1.54, 1.807) is 0 Å². The first-order chi connectivity index (χ1) is 7.87. The lowest BCUT2D eigenvalue weighted by atomic mass is 10.0. The average molecular weight is 290 g/mol. The van der Waals surface area contributed by atoms with E-state index in [9.17, 15) is 30.4 Å². The first kappa shape index (κ1) is 14.8. The van der Waals surface area contributed by atoms with Gasteiger partial charge in [0.1, 0.15) is 0 Å². The molecular weight excluding hydrogens is 283 g/mol. The van der Waals surface area contributed by atoms with E-state index in [-0.39, 0.29) is 6.07 Å². The van der Waals surface area contributed by atoms with Gasteiger partial charge in [0.05, 0.1) is 4.90 Å². The Morgan fingerprint density at radius 3 is 2.00 bits per heavy atom. The third-order valence-electron chi connectivity index (χ3n) is 2.20. The molecule has 18 heavy (non-hydrogen) atoms. The molecule has 1 aromatic carbocycles. The van der Waals surface area contributed by atoms with E-state index in [4.69, 9.17) is 4.55 Å². The second-order valence-corrected chi connectivity index (χ2v) is 4.95. The number of halogens is 5. The standard InChI is InChI=1S/C9H7F5O3S/c1-5-2-3-6(18(15,16)17)4-7(5)8(10,11)9(12,13)14/h2-4H,1H3,(H,15,16,17). The van der Waals surface area contributed by atoms with Crippen LogP contribution in [0.4, 0.5) is 22.0 Å². The Bertz CT molecular complexity index is 562. The number of rotatable bonds is 2. The van der Waals surface area contributed by atoms with Crippen molar-refractivity contribution in [2.45, 2.75) is 23.9 Å². The molecule has 102 valence electrons. The molecule has 0 unspecified atom stereocenters. The molecule has 0 aliphatic heterocycles. The van der Waals surface area contributed by atoms with Crippen LogP contribution in [-0.2, 0) is 16.0 Å². The molecule has 0 atom stereocenters. The molecule has 0 aliphatic carbocycles. The van der Waals surface area contributed by atoms with Crippen LogP contribution in [0, 0.1) is 6.92 Å². The Labute approximate surface area is 99.0 Å². The molecule has 0 aliphatic rings. The highest BCUT2D eigenvalue weighted by Crippen LogP contribution is 2.45. The van der Waals surface area contributed by atoms with Gasteiger partial charge in [0.2, 0.25) is 0 Å². The lowest BCUT2D eigenvalue weighted by Gasteiger charge is -2.21. The molecule has 0 heterocycles. The lowest BCUT2D eigenvalue weighted by molar-refractivity contribution is -0.289. The van der Waals surface area contributed by atoms with E-state index in [1.165, 1.54) is 0 Å². The van der Waals surface area contributed by atoms with Gasteiger partial charge < -0.3 is 0 Å². The highest BCUT2D eigenvalue weighted by atomic mass is 32.2. The summed E-state index contributed by atoms with van der Waals surface area (Å²) >= 11 is 0. The third-order valence-corrected chi connectivity index (χ3v) is 3.05. The summed E-state index contributed by atoms with van der Waals surface area (Å²) < 4.78 is 92.7. The van der Waals surface area contributed by atoms with Crippen LogP contribution in [0.1, 0.15) is 11.1 Å². The molecule has 9 heteroatoms. The van der Waals surface area contributed by atoms with Crippen LogP contribution in [0.15, 0.2) is 23.1 Å². The molecule has 0 aromatic heterocycles. The second-order valence-electron chi connectivity index (χ2n) is 3.52. The molecular formula is C9H7F5O3S. The molecule has 0 radical (unpaired) electrons. The summed E-state index contributed by atoms with van der Waals surface area (Å²) in [7, 11) is -4.85. The van der Waals surface area contributed by atoms with E-state index < -0.39 is 38.2 Å². The number of hydrogen-bond donors (Lipinski definition) is 1. The molecule has 0 amide bonds. The zero-order valence-corrected chi connectivity index (χ0v) is 9.61. The van der Waals surface area contributed by atoms with Crippen molar-refractivity contribution in [3.8, 4) is 0 Å². The molecule has 1 N–H and O–H groups in total. The highest BCUT2D eigenvalue weighted by Gasteiger charge is 2.59. The maximum absolute atomic E-state index is 13.1. The fourth-order valence-electron chi connectivity index (χ4n) is 1.25. The zero-order chi connectivity index (χ0) is 14.4. The molecule has 0 saturated carbocycles. The van der Waals surface area contributed by atoms with E-state index in [0.29, 0.717) is 0 Å². The van der Waals surface area contributed by atoms with Gasteiger partial charge in [-0.25, -0.2) is 0 Å². The Hall–Kier alpha value is -1.22. The van der Waals surface area contributed by atoms with E-state index in [2.05, 4.69) is 0 Å². The van der Waals surface area contributed by atoms with E-state index >= 15 is 0 Å². The zero-order valence-electron chi connectivity index (χ0n) is 8.79. The Morgan fingerprint density at radius 1 is 1.11 bits per heavy atom. The molecule has 0 fully saturated rings. The van der Waals surface area contributed by atoms with Gasteiger partial charge in [-0.15, -0.1) is 0 Å². The molecule has 3 nitrogen and oxygen atoms in total. The number of benzene rings is 1. The summed E-state index contributed by atoms with van der Waals surface area (Å²) in [6, 6.07) is 1.61. The topological polar surface area (TPSA) is 54.4 Å². The first-order valence-electron chi connectivity index (χ1n) is 4.40. The van der Waals surface area contributed by atoms with Gasteiger partial charge in [0.15, 0.2) is 0 Å². The summed E-state index contributed by atoms with van der Waals surface area (Å²) in [5.74, 6) is -5.20. The minimum absolute atomic E-state index is 0.109. The fourth-order valence-corrected chi connectivity index (χ4v) is 1.76. The molecule has 1 rings (SSSR count). The minimum Gasteiger partial charge on any atom is -0.282 e. The SMILES string of the molecule is Cc1ccc(S(=O)(=O)O)cc1C(F)(F)C(F)(F)F. The van der Waals surface area contributed by atoms with Gasteiger partial charge in [-0.3, -0.25) is 4.55 Å². The number of aryl methyl sites for hydroxylation is 1. The van der Waals surface area contributed by atoms with Gasteiger partial charge in [-0.2, -0.15) is 30.4 Å². The fraction of sp³-hybridized carbons (Fsp3) is 0.333. The van der Waals surface area contributed by atoms with Crippen LogP contribution < -0.4 is 0 Å². The van der Waals surface area contributed by atoms with E-state index in [0.717, 1.165) is 19.1 Å². The highest BCUT2D eigenvalue weighted by molar-refractivity contribution is 7.85. The molecule has 0 saturated heterocycles. The van der Waals surface area contributed by atoms with Crippen molar-refractivity contribution in [2.24, 2.45) is 0 Å². The largest absolute Gasteiger partial charge is 0.458 e. The third kappa shape index (κ3) is 2.61. The summed E-state index contributed by atoms with van der Waals surface area (Å²) in [5, 5.41) is 0. The maximum Gasteiger partial charge on any atom is 0.458 e. The van der Waals surface area contributed by atoms with Crippen molar-refractivity contribution in [1.29, 1.82) is 0 Å². The van der Waals surface area contributed by atoms with Crippen LogP contribution >= 0.6 is 0 Å². The lowest BCUT2D eigenvalue weighted by Crippen LogP contribution is -2.34. The number of hydrogen-bond acceptors (Lipinski definition) is 2. The minimum atomic E-state index is -5.85. The second kappa shape index (κ2) is 4.16. The van der Waals surface area contributed by atoms with Gasteiger partial charge in [0.25, 0.3) is 10.1 Å². The Kier molecular flexibility index (Phi) is 3.43. The summed E-state index contributed by atoms with van der Waals surface area (Å²) in [4.78, 5) is -1.02. The van der Waals surface area contributed by atoms with Gasteiger partial charge in [0, 0.05) is 5.56 Å². The monoisotopic (exact) mass is 290 g/mol. The van der Waals surface area contributed by atoms with Gasteiger partial charge in [-0.1, -0.05) is 6.07 Å². The van der Waals surface area contributed by atoms with E-state index in [1.807, 2.05) is 0 Å². The number of alkyl halides is 5. The molecule has 1 aromatic rings. The van der Waals surface area contributed by atoms with Crippen LogP contribution in [0.5, 0.6) is 0 Å². The predicted octanol–water partition coefficient (Wildman–Crippen LogP) is 2.90. The van der Waals surface area contributed by atoms with Crippen LogP contribution in [0.3, 0.4) is 0 Å². The first-order valence-corrected chi connectivity index (χ1v) is 5.84. The van der Waals surface area contributed by atoms with Crippen molar-refractivity contribution < 1.29 is 34.9 Å². The van der Waals surface area contributed by atoms with Crippen molar-refractivity contribution in [3.63, 3.8) is 0 Å². The quantitative estimate of drug-likeness (QED) is 0.673. The van der Waals surface area contributed by atoms with Gasteiger partial charge in [-0.05, 0) is 24.6 Å². The maximum atomic E-state index is 13.1. The van der Waals surface area contributed by atoms with Crippen molar-refractivity contribution in [2.75, 3.05) is 0 Å². The summed E-state index contributed by atoms with van der Waals surface area (Å²) in [5.41, 5.74) is -1.95. The van der Waals surface area contributed by atoms with Gasteiger partial charge >= 0.3 is 12.1 Å². The smallest absolute Gasteiger partial charge is 0.282 e. The van der Waals surface area contributed by atoms with Crippen molar-refractivity contribution in [3.05, 3.63) is 29.3 Å². The van der Waals surface area contributed by atoms with Crippen LogP contribution in [0.25, 0.3) is 0 Å². The predicted molar refractivity (Wildman–Crippen MR) is 50.9 cm³/mol. The van der Waals surface area contributed by atoms with Crippen molar-refractivity contribution in [1.82, 2.24) is 0 Å². The Balaban J connectivity index is 3.52. The normalized spacial score (nSPS) is 13.7. The molecule has 0 bridgehead atoms. The summed E-state index contributed by atoms with van der Waals surface area (Å²) in [6.07, 6.45) is -5.85. The van der Waals surface area contributed by atoms with Crippen LogP contribution in [-0.4, -0.2) is 19.1 Å². The Morgan fingerprint density at radius 2 is 1.61 bits per heavy atom. The van der Waals surface area contributed by atoms with Crippen molar-refractivity contribution >= 4 is 10.1 Å².